The molecular formula is C7H9N5O10. The summed E-state index contributed by atoms with van der Waals surface area (Å²) in [6.45, 7) is -3.24. The minimum atomic E-state index is -3.24. The zero-order valence-corrected chi connectivity index (χ0v) is 10.7. The Hall–Kier alpha value is -2.97. The van der Waals surface area contributed by atoms with Gasteiger partial charge in [-0.2, -0.15) is 0 Å². The van der Waals surface area contributed by atoms with Crippen LogP contribution in [-0.4, -0.2) is 66.6 Å². The molecule has 22 heavy (non-hydrogen) atoms. The van der Waals surface area contributed by atoms with Gasteiger partial charge in [-0.3, -0.25) is 50.2 Å². The number of hydrogen-bond acceptors (Lipinski definition) is 10. The Balaban J connectivity index is 3.46. The molecular weight excluding hydrogens is 314 g/mol. The first-order valence-electron chi connectivity index (χ1n) is 5.50. The summed E-state index contributed by atoms with van der Waals surface area (Å²) in [5.41, 5.74) is -6.48. The van der Waals surface area contributed by atoms with Crippen LogP contribution in [0, 0.1) is 40.5 Å². The standard InChI is InChI=1S/C7H9N5O10/c13-5(14)1-8-3-6(9(15)16,10(17)18)2-7(4-8,11(19)20)12(21)22/h1-4H2,(H,13,14). The average Bonchev–Trinajstić information content (AvgIpc) is 2.36. The first-order valence-corrected chi connectivity index (χ1v) is 5.50. The van der Waals surface area contributed by atoms with Gasteiger partial charge in [0.25, 0.3) is 0 Å². The SMILES string of the molecule is O=C(O)CN1CC([N+](=O)[O-])([N+](=O)[O-])CC([N+](=O)[O-])([N+](=O)[O-])C1. The largest absolute Gasteiger partial charge is 0.485 e. The van der Waals surface area contributed by atoms with Gasteiger partial charge in [-0.15, -0.1) is 0 Å². The molecule has 15 heteroatoms. The van der Waals surface area contributed by atoms with Crippen molar-refractivity contribution >= 4 is 5.97 Å². The number of rotatable bonds is 6. The minimum Gasteiger partial charge on any atom is -0.480 e. The molecule has 1 saturated heterocycles. The Kier molecular flexibility index (Phi) is 4.22. The molecule has 0 aliphatic carbocycles. The van der Waals surface area contributed by atoms with Crippen molar-refractivity contribution in [2.45, 2.75) is 17.7 Å². The molecule has 15 nitrogen and oxygen atoms in total. The molecule has 1 aliphatic heterocycles. The van der Waals surface area contributed by atoms with E-state index in [0.717, 1.165) is 0 Å². The summed E-state index contributed by atoms with van der Waals surface area (Å²) < 4.78 is 0. The van der Waals surface area contributed by atoms with Crippen molar-refractivity contribution in [3.63, 3.8) is 0 Å². The number of piperidine rings is 1. The van der Waals surface area contributed by atoms with Crippen LogP contribution in [0.4, 0.5) is 0 Å². The van der Waals surface area contributed by atoms with Crippen LogP contribution in [0.3, 0.4) is 0 Å². The molecule has 0 bridgehead atoms. The van der Waals surface area contributed by atoms with Gasteiger partial charge >= 0.3 is 17.3 Å². The van der Waals surface area contributed by atoms with E-state index in [4.69, 9.17) is 5.11 Å². The van der Waals surface area contributed by atoms with Crippen molar-refractivity contribution in [1.82, 2.24) is 4.90 Å². The number of likely N-dealkylation sites (tertiary alicyclic amines) is 1. The molecule has 1 fully saturated rings. The highest BCUT2D eigenvalue weighted by Crippen LogP contribution is 2.34. The van der Waals surface area contributed by atoms with Crippen LogP contribution >= 0.6 is 0 Å². The molecule has 0 spiro atoms. The van der Waals surface area contributed by atoms with E-state index >= 15 is 0 Å². The monoisotopic (exact) mass is 323 g/mol. The van der Waals surface area contributed by atoms with E-state index in [1.165, 1.54) is 0 Å². The molecule has 0 aromatic heterocycles. The summed E-state index contributed by atoms with van der Waals surface area (Å²) in [4.78, 5) is 49.3. The van der Waals surface area contributed by atoms with E-state index in [0.29, 0.717) is 4.90 Å². The van der Waals surface area contributed by atoms with Crippen LogP contribution in [-0.2, 0) is 4.79 Å². The number of hydrogen-bond donors (Lipinski definition) is 1. The van der Waals surface area contributed by atoms with Crippen molar-refractivity contribution in [3.05, 3.63) is 40.5 Å². The van der Waals surface area contributed by atoms with E-state index in [1.807, 2.05) is 0 Å². The molecule has 0 saturated carbocycles. The van der Waals surface area contributed by atoms with Gasteiger partial charge in [0.15, 0.2) is 0 Å². The maximum absolute atomic E-state index is 11.0. The summed E-state index contributed by atoms with van der Waals surface area (Å²) in [7, 11) is 0. The number of carboxylic acids is 1. The molecule has 1 rings (SSSR count). The molecule has 1 aliphatic rings. The van der Waals surface area contributed by atoms with Gasteiger partial charge in [0.1, 0.15) is 32.8 Å². The third-order valence-corrected chi connectivity index (χ3v) is 3.24. The number of nitro groups is 4. The van der Waals surface area contributed by atoms with Crippen LogP contribution in [0.1, 0.15) is 6.42 Å². The molecule has 0 amide bonds. The van der Waals surface area contributed by atoms with Crippen LogP contribution in [0.15, 0.2) is 0 Å². The molecule has 0 aromatic carbocycles. The predicted octanol–water partition coefficient (Wildman–Crippen LogP) is -1.72. The topological polar surface area (TPSA) is 213 Å². The van der Waals surface area contributed by atoms with Gasteiger partial charge in [-0.1, -0.05) is 0 Å². The molecule has 1 heterocycles. The number of nitrogens with zero attached hydrogens (tertiary/aromatic N) is 5. The highest BCUT2D eigenvalue weighted by molar-refractivity contribution is 5.69. The zero-order valence-electron chi connectivity index (χ0n) is 10.7. The molecule has 0 unspecified atom stereocenters. The lowest BCUT2D eigenvalue weighted by atomic mass is 9.90. The Labute approximate surface area is 119 Å². The number of carboxylic acid groups (broad SMARTS) is 1. The average molecular weight is 323 g/mol. The second-order valence-corrected chi connectivity index (χ2v) is 4.71. The van der Waals surface area contributed by atoms with Crippen LogP contribution < -0.4 is 0 Å². The van der Waals surface area contributed by atoms with Gasteiger partial charge in [0.05, 0.1) is 6.54 Å². The summed E-state index contributed by atoms with van der Waals surface area (Å²) in [6.07, 6.45) is -1.59. The normalized spacial score (nSPS) is 20.0. The third-order valence-electron chi connectivity index (χ3n) is 3.24. The highest BCUT2D eigenvalue weighted by atomic mass is 16.7. The second-order valence-electron chi connectivity index (χ2n) is 4.71. The van der Waals surface area contributed by atoms with Crippen molar-refractivity contribution in [3.8, 4) is 0 Å². The fraction of sp³-hybridized carbons (Fsp3) is 0.857. The maximum Gasteiger partial charge on any atom is 0.485 e. The van der Waals surface area contributed by atoms with Gasteiger partial charge in [-0.25, -0.2) is 0 Å². The molecule has 0 radical (unpaired) electrons. The van der Waals surface area contributed by atoms with E-state index in [2.05, 4.69) is 0 Å². The fourth-order valence-electron chi connectivity index (χ4n) is 2.26. The molecule has 1 N–H and O–H groups in total. The lowest BCUT2D eigenvalue weighted by molar-refractivity contribution is -0.854. The summed E-state index contributed by atoms with van der Waals surface area (Å²) in [5, 5.41) is 52.7. The summed E-state index contributed by atoms with van der Waals surface area (Å²) in [6, 6.07) is 0. The lowest BCUT2D eigenvalue weighted by Crippen LogP contribution is -2.70. The Bertz CT molecular complexity index is 492. The van der Waals surface area contributed by atoms with E-state index in [-0.39, 0.29) is 0 Å². The molecule has 0 atom stereocenters. The first-order chi connectivity index (χ1) is 9.98. The number of carbonyl (C=O) groups is 1. The quantitative estimate of drug-likeness (QED) is 0.329. The Morgan fingerprint density at radius 1 is 0.909 bits per heavy atom. The smallest absolute Gasteiger partial charge is 0.480 e. The first kappa shape index (κ1) is 17.1. The van der Waals surface area contributed by atoms with Crippen molar-refractivity contribution in [1.29, 1.82) is 0 Å². The van der Waals surface area contributed by atoms with Gasteiger partial charge in [-0.05, 0) is 0 Å². The van der Waals surface area contributed by atoms with Gasteiger partial charge in [0, 0.05) is 0 Å². The molecule has 0 aromatic rings. The van der Waals surface area contributed by atoms with E-state index in [9.17, 15) is 45.3 Å². The van der Waals surface area contributed by atoms with Gasteiger partial charge < -0.3 is 5.11 Å². The second kappa shape index (κ2) is 5.43. The minimum absolute atomic E-state index is 0.447. The fourth-order valence-corrected chi connectivity index (χ4v) is 2.26. The molecule has 122 valence electrons. The third kappa shape index (κ3) is 2.60. The zero-order chi connectivity index (χ0) is 17.3. The highest BCUT2D eigenvalue weighted by Gasteiger charge is 2.76. The van der Waals surface area contributed by atoms with Crippen LogP contribution in [0.5, 0.6) is 0 Å². The Morgan fingerprint density at radius 3 is 1.45 bits per heavy atom. The van der Waals surface area contributed by atoms with Crippen LogP contribution in [0.25, 0.3) is 0 Å². The van der Waals surface area contributed by atoms with Crippen molar-refractivity contribution < 1.29 is 29.6 Å². The number of aliphatic carboxylic acids is 1. The van der Waals surface area contributed by atoms with Crippen molar-refractivity contribution in [2.75, 3.05) is 19.6 Å². The predicted molar refractivity (Wildman–Crippen MR) is 62.1 cm³/mol. The van der Waals surface area contributed by atoms with E-state index < -0.39 is 63.0 Å². The van der Waals surface area contributed by atoms with Gasteiger partial charge in [0.2, 0.25) is 6.42 Å². The van der Waals surface area contributed by atoms with Crippen LogP contribution in [0.2, 0.25) is 0 Å². The lowest BCUT2D eigenvalue weighted by Gasteiger charge is -2.33. The Morgan fingerprint density at radius 2 is 1.23 bits per heavy atom. The summed E-state index contributed by atoms with van der Waals surface area (Å²) >= 11 is 0. The maximum atomic E-state index is 11.0. The van der Waals surface area contributed by atoms with Crippen molar-refractivity contribution in [2.24, 2.45) is 0 Å². The summed E-state index contributed by atoms with van der Waals surface area (Å²) in [5.74, 6) is -1.59. The van der Waals surface area contributed by atoms with E-state index in [1.54, 1.807) is 0 Å².